The number of fused-ring (bicyclic) bond motifs is 1. The van der Waals surface area contributed by atoms with Crippen molar-refractivity contribution in [2.75, 3.05) is 35.1 Å². The van der Waals surface area contributed by atoms with E-state index in [1.165, 1.54) is 4.31 Å². The molecule has 6 nitrogen and oxygen atoms in total. The van der Waals surface area contributed by atoms with Crippen LogP contribution in [0.3, 0.4) is 0 Å². The Bertz CT molecular complexity index is 601. The summed E-state index contributed by atoms with van der Waals surface area (Å²) in [7, 11) is -3.54. The van der Waals surface area contributed by atoms with E-state index in [9.17, 15) is 13.2 Å². The maximum atomic E-state index is 12.5. The molecule has 2 rings (SSSR count). The van der Waals surface area contributed by atoms with E-state index in [1.54, 1.807) is 19.1 Å². The van der Waals surface area contributed by atoms with Crippen LogP contribution in [0.2, 0.25) is 0 Å². The zero-order chi connectivity index (χ0) is 15.3. The molecule has 21 heavy (non-hydrogen) atoms. The van der Waals surface area contributed by atoms with E-state index in [0.717, 1.165) is 12.2 Å². The number of para-hydroxylation sites is 2. The number of hydrogen-bond donors (Lipinski definition) is 1. The highest BCUT2D eigenvalue weighted by atomic mass is 32.2. The molecule has 0 saturated carbocycles. The van der Waals surface area contributed by atoms with Crippen LogP contribution in [0.25, 0.3) is 0 Å². The molecule has 0 amide bonds. The monoisotopic (exact) mass is 312 g/mol. The predicted octanol–water partition coefficient (Wildman–Crippen LogP) is 1.59. The number of esters is 1. The van der Waals surface area contributed by atoms with E-state index < -0.39 is 16.0 Å². The standard InChI is InChI=1S/C14H20N2O4S/c1-2-20-14(17)8-11-21(18,19)16-10-5-9-15-12-6-3-4-7-13(12)16/h3-4,6-7,15H,2,5,8-11H2,1H3. The second-order valence-corrected chi connectivity index (χ2v) is 6.75. The topological polar surface area (TPSA) is 75.7 Å². The molecule has 1 aliphatic rings. The van der Waals surface area contributed by atoms with Crippen molar-refractivity contribution < 1.29 is 17.9 Å². The maximum Gasteiger partial charge on any atom is 0.306 e. The minimum Gasteiger partial charge on any atom is -0.466 e. The minimum atomic E-state index is -3.54. The number of carbonyl (C=O) groups is 1. The van der Waals surface area contributed by atoms with Crippen LogP contribution in [0.1, 0.15) is 19.8 Å². The number of hydrogen-bond acceptors (Lipinski definition) is 5. The molecule has 0 saturated heterocycles. The fourth-order valence-corrected chi connectivity index (χ4v) is 3.76. The Balaban J connectivity index is 2.17. The summed E-state index contributed by atoms with van der Waals surface area (Å²) in [4.78, 5) is 11.4. The lowest BCUT2D eigenvalue weighted by Crippen LogP contribution is -2.34. The molecule has 0 bridgehead atoms. The van der Waals surface area contributed by atoms with Crippen LogP contribution in [0.5, 0.6) is 0 Å². The summed E-state index contributed by atoms with van der Waals surface area (Å²) in [5.74, 6) is -0.720. The molecule has 7 heteroatoms. The first kappa shape index (κ1) is 15.6. The third-order valence-electron chi connectivity index (χ3n) is 3.23. The lowest BCUT2D eigenvalue weighted by molar-refractivity contribution is -0.142. The van der Waals surface area contributed by atoms with Gasteiger partial charge in [0.1, 0.15) is 0 Å². The number of anilines is 2. The van der Waals surface area contributed by atoms with Gasteiger partial charge in [0, 0.05) is 13.1 Å². The van der Waals surface area contributed by atoms with Crippen molar-refractivity contribution in [2.45, 2.75) is 19.8 Å². The van der Waals surface area contributed by atoms with Gasteiger partial charge in [-0.1, -0.05) is 12.1 Å². The molecule has 0 atom stereocenters. The van der Waals surface area contributed by atoms with Gasteiger partial charge in [-0.15, -0.1) is 0 Å². The highest BCUT2D eigenvalue weighted by Crippen LogP contribution is 2.30. The third-order valence-corrected chi connectivity index (χ3v) is 5.00. The molecule has 1 heterocycles. The second kappa shape index (κ2) is 6.80. The van der Waals surface area contributed by atoms with Crippen LogP contribution < -0.4 is 9.62 Å². The summed E-state index contributed by atoms with van der Waals surface area (Å²) in [6.45, 7) is 3.09. The molecule has 1 aromatic carbocycles. The number of ether oxygens (including phenoxy) is 1. The van der Waals surface area contributed by atoms with E-state index in [4.69, 9.17) is 4.74 Å². The highest BCUT2D eigenvalue weighted by Gasteiger charge is 2.26. The summed E-state index contributed by atoms with van der Waals surface area (Å²) < 4.78 is 31.2. The molecule has 0 radical (unpaired) electrons. The molecule has 0 aromatic heterocycles. The molecular formula is C14H20N2O4S. The quantitative estimate of drug-likeness (QED) is 0.836. The lowest BCUT2D eigenvalue weighted by Gasteiger charge is -2.23. The van der Waals surface area contributed by atoms with Gasteiger partial charge in [0.15, 0.2) is 0 Å². The van der Waals surface area contributed by atoms with Gasteiger partial charge in [0.25, 0.3) is 0 Å². The van der Waals surface area contributed by atoms with Gasteiger partial charge >= 0.3 is 5.97 Å². The number of carbonyl (C=O) groups excluding carboxylic acids is 1. The molecule has 0 aliphatic carbocycles. The Morgan fingerprint density at radius 3 is 2.90 bits per heavy atom. The molecular weight excluding hydrogens is 292 g/mol. The second-order valence-electron chi connectivity index (χ2n) is 4.74. The maximum absolute atomic E-state index is 12.5. The SMILES string of the molecule is CCOC(=O)CCS(=O)(=O)N1CCCNc2ccccc21. The summed E-state index contributed by atoms with van der Waals surface area (Å²) in [6, 6.07) is 7.30. The van der Waals surface area contributed by atoms with Crippen molar-refractivity contribution in [2.24, 2.45) is 0 Å². The van der Waals surface area contributed by atoms with Crippen LogP contribution in [0.15, 0.2) is 24.3 Å². The van der Waals surface area contributed by atoms with E-state index in [-0.39, 0.29) is 18.8 Å². The average Bonchev–Trinajstić information content (AvgIpc) is 2.68. The van der Waals surface area contributed by atoms with Crippen molar-refractivity contribution in [3.63, 3.8) is 0 Å². The molecule has 0 spiro atoms. The average molecular weight is 312 g/mol. The predicted molar refractivity (Wildman–Crippen MR) is 81.9 cm³/mol. The van der Waals surface area contributed by atoms with Crippen molar-refractivity contribution in [1.82, 2.24) is 0 Å². The van der Waals surface area contributed by atoms with Crippen molar-refractivity contribution in [3.05, 3.63) is 24.3 Å². The van der Waals surface area contributed by atoms with Gasteiger partial charge in [0.2, 0.25) is 10.0 Å². The minimum absolute atomic E-state index is 0.123. The Kier molecular flexibility index (Phi) is 5.06. The molecule has 1 aliphatic heterocycles. The van der Waals surface area contributed by atoms with E-state index in [2.05, 4.69) is 5.32 Å². The first-order valence-corrected chi connectivity index (χ1v) is 8.64. The van der Waals surface area contributed by atoms with Gasteiger partial charge in [-0.2, -0.15) is 0 Å². The van der Waals surface area contributed by atoms with Crippen LogP contribution in [-0.4, -0.2) is 39.8 Å². The van der Waals surface area contributed by atoms with E-state index in [0.29, 0.717) is 18.7 Å². The Morgan fingerprint density at radius 2 is 2.14 bits per heavy atom. The number of nitrogens with zero attached hydrogens (tertiary/aromatic N) is 1. The van der Waals surface area contributed by atoms with Crippen molar-refractivity contribution in [3.8, 4) is 0 Å². The number of rotatable bonds is 5. The van der Waals surface area contributed by atoms with Gasteiger partial charge in [-0.25, -0.2) is 8.42 Å². The molecule has 116 valence electrons. The largest absolute Gasteiger partial charge is 0.466 e. The normalized spacial score (nSPS) is 14.8. The van der Waals surface area contributed by atoms with Crippen LogP contribution in [0, 0.1) is 0 Å². The van der Waals surface area contributed by atoms with Gasteiger partial charge in [-0.3, -0.25) is 9.10 Å². The van der Waals surface area contributed by atoms with Crippen molar-refractivity contribution in [1.29, 1.82) is 0 Å². The summed E-state index contributed by atoms with van der Waals surface area (Å²) in [5.41, 5.74) is 1.44. The summed E-state index contributed by atoms with van der Waals surface area (Å²) >= 11 is 0. The van der Waals surface area contributed by atoms with Gasteiger partial charge in [0.05, 0.1) is 30.2 Å². The lowest BCUT2D eigenvalue weighted by atomic mass is 10.2. The Morgan fingerprint density at radius 1 is 1.38 bits per heavy atom. The van der Waals surface area contributed by atoms with Crippen LogP contribution in [0.4, 0.5) is 11.4 Å². The van der Waals surface area contributed by atoms with E-state index >= 15 is 0 Å². The Labute approximate surface area is 125 Å². The zero-order valence-corrected chi connectivity index (χ0v) is 12.9. The summed E-state index contributed by atoms with van der Waals surface area (Å²) in [6.07, 6.45) is 0.593. The van der Waals surface area contributed by atoms with Gasteiger partial charge in [-0.05, 0) is 25.5 Å². The van der Waals surface area contributed by atoms with Crippen LogP contribution in [-0.2, 0) is 19.6 Å². The molecule has 0 unspecified atom stereocenters. The number of sulfonamides is 1. The number of benzene rings is 1. The molecule has 1 N–H and O–H groups in total. The first-order chi connectivity index (χ1) is 10.0. The molecule has 1 aromatic rings. The fraction of sp³-hybridized carbons (Fsp3) is 0.500. The fourth-order valence-electron chi connectivity index (χ4n) is 2.25. The van der Waals surface area contributed by atoms with Crippen molar-refractivity contribution >= 4 is 27.4 Å². The van der Waals surface area contributed by atoms with E-state index in [1.807, 2.05) is 12.1 Å². The Hall–Kier alpha value is -1.76. The summed E-state index contributed by atoms with van der Waals surface area (Å²) in [5, 5.41) is 3.21. The molecule has 0 fully saturated rings. The zero-order valence-electron chi connectivity index (χ0n) is 12.0. The first-order valence-electron chi connectivity index (χ1n) is 7.03. The van der Waals surface area contributed by atoms with Gasteiger partial charge < -0.3 is 10.1 Å². The number of nitrogens with one attached hydrogen (secondary N) is 1. The highest BCUT2D eigenvalue weighted by molar-refractivity contribution is 7.92. The smallest absolute Gasteiger partial charge is 0.306 e. The van der Waals surface area contributed by atoms with Crippen LogP contribution >= 0.6 is 0 Å². The third kappa shape index (κ3) is 3.87.